The Kier molecular flexibility index (Phi) is 2.92. The second-order valence-corrected chi connectivity index (χ2v) is 4.47. The molecule has 1 aliphatic rings. The molecule has 2 aromatic rings. The zero-order valence-electron chi connectivity index (χ0n) is 10.3. The predicted octanol–water partition coefficient (Wildman–Crippen LogP) is 1.01. The standard InChI is InChI=1S/C13H15N5O/c14-6-8-7-15-13-11(16-8)5-10(17-18-13)9-3-1-2-4-12(9)19/h1-5,8,16,19H,6-7,14H2,(H,15,18)/t8-/m1/s1. The highest BCUT2D eigenvalue weighted by atomic mass is 16.3. The number of phenols is 1. The lowest BCUT2D eigenvalue weighted by molar-refractivity contribution is 0.477. The number of nitrogens with zero attached hydrogens (tertiary/aromatic N) is 2. The highest BCUT2D eigenvalue weighted by molar-refractivity contribution is 5.75. The van der Waals surface area contributed by atoms with E-state index in [0.717, 1.165) is 12.2 Å². The Morgan fingerprint density at radius 3 is 2.95 bits per heavy atom. The molecule has 5 N–H and O–H groups in total. The summed E-state index contributed by atoms with van der Waals surface area (Å²) in [6, 6.07) is 9.10. The fourth-order valence-corrected chi connectivity index (χ4v) is 2.09. The molecule has 0 bridgehead atoms. The van der Waals surface area contributed by atoms with Crippen LogP contribution in [-0.4, -0.2) is 34.4 Å². The van der Waals surface area contributed by atoms with Gasteiger partial charge in [0.1, 0.15) is 5.75 Å². The molecule has 0 saturated heterocycles. The molecule has 1 aromatic heterocycles. The Hall–Kier alpha value is -2.34. The average Bonchev–Trinajstić information content (AvgIpc) is 2.46. The molecule has 0 unspecified atom stereocenters. The summed E-state index contributed by atoms with van der Waals surface area (Å²) in [5, 5.41) is 24.6. The third-order valence-corrected chi connectivity index (χ3v) is 3.13. The molecule has 0 radical (unpaired) electrons. The van der Waals surface area contributed by atoms with E-state index in [0.29, 0.717) is 23.6 Å². The third kappa shape index (κ3) is 2.17. The molecule has 98 valence electrons. The summed E-state index contributed by atoms with van der Waals surface area (Å²) in [5.74, 6) is 0.903. The molecule has 1 aromatic carbocycles. The number of fused-ring (bicyclic) bond motifs is 1. The van der Waals surface area contributed by atoms with Crippen molar-refractivity contribution in [2.75, 3.05) is 23.7 Å². The number of aromatic nitrogens is 2. The maximum Gasteiger partial charge on any atom is 0.172 e. The lowest BCUT2D eigenvalue weighted by atomic mass is 10.1. The highest BCUT2D eigenvalue weighted by Crippen LogP contribution is 2.31. The van der Waals surface area contributed by atoms with Crippen LogP contribution >= 0.6 is 0 Å². The lowest BCUT2D eigenvalue weighted by Gasteiger charge is -2.26. The molecular formula is C13H15N5O. The summed E-state index contributed by atoms with van der Waals surface area (Å²) in [5.41, 5.74) is 7.80. The van der Waals surface area contributed by atoms with Crippen molar-refractivity contribution in [2.45, 2.75) is 6.04 Å². The van der Waals surface area contributed by atoms with Crippen LogP contribution in [0.25, 0.3) is 11.3 Å². The quantitative estimate of drug-likeness (QED) is 0.641. The van der Waals surface area contributed by atoms with E-state index in [4.69, 9.17) is 5.73 Å². The molecular weight excluding hydrogens is 242 g/mol. The van der Waals surface area contributed by atoms with Crippen molar-refractivity contribution in [3.05, 3.63) is 30.3 Å². The van der Waals surface area contributed by atoms with Crippen molar-refractivity contribution in [2.24, 2.45) is 5.73 Å². The van der Waals surface area contributed by atoms with Crippen LogP contribution in [0, 0.1) is 0 Å². The Morgan fingerprint density at radius 2 is 2.16 bits per heavy atom. The Morgan fingerprint density at radius 1 is 1.32 bits per heavy atom. The van der Waals surface area contributed by atoms with Crippen molar-refractivity contribution < 1.29 is 5.11 Å². The number of phenolic OH excluding ortho intramolecular Hbond substituents is 1. The lowest BCUT2D eigenvalue weighted by Crippen LogP contribution is -2.39. The molecule has 3 rings (SSSR count). The number of benzene rings is 1. The summed E-state index contributed by atoms with van der Waals surface area (Å²) in [6.45, 7) is 1.27. The maximum atomic E-state index is 9.84. The minimum atomic E-state index is 0.175. The maximum absolute atomic E-state index is 9.84. The molecule has 0 fully saturated rings. The second kappa shape index (κ2) is 4.74. The van der Waals surface area contributed by atoms with Crippen LogP contribution in [-0.2, 0) is 0 Å². The first kappa shape index (κ1) is 11.7. The number of rotatable bonds is 2. The first-order valence-electron chi connectivity index (χ1n) is 6.14. The number of anilines is 2. The van der Waals surface area contributed by atoms with Gasteiger partial charge < -0.3 is 21.5 Å². The van der Waals surface area contributed by atoms with Crippen molar-refractivity contribution >= 4 is 11.5 Å². The molecule has 0 spiro atoms. The van der Waals surface area contributed by atoms with E-state index in [2.05, 4.69) is 20.8 Å². The van der Waals surface area contributed by atoms with Gasteiger partial charge in [-0.15, -0.1) is 10.2 Å². The van der Waals surface area contributed by atoms with E-state index in [1.807, 2.05) is 18.2 Å². The van der Waals surface area contributed by atoms with Gasteiger partial charge in [-0.3, -0.25) is 0 Å². The molecule has 0 saturated carbocycles. The van der Waals surface area contributed by atoms with Crippen molar-refractivity contribution in [1.82, 2.24) is 10.2 Å². The minimum absolute atomic E-state index is 0.175. The number of hydrogen-bond acceptors (Lipinski definition) is 6. The molecule has 0 amide bonds. The topological polar surface area (TPSA) is 96.1 Å². The number of para-hydroxylation sites is 1. The fraction of sp³-hybridized carbons (Fsp3) is 0.231. The van der Waals surface area contributed by atoms with Crippen LogP contribution in [0.2, 0.25) is 0 Å². The van der Waals surface area contributed by atoms with Gasteiger partial charge in [-0.2, -0.15) is 0 Å². The minimum Gasteiger partial charge on any atom is -0.507 e. The van der Waals surface area contributed by atoms with Gasteiger partial charge in [-0.1, -0.05) is 12.1 Å². The monoisotopic (exact) mass is 257 g/mol. The third-order valence-electron chi connectivity index (χ3n) is 3.13. The zero-order valence-corrected chi connectivity index (χ0v) is 10.3. The summed E-state index contributed by atoms with van der Waals surface area (Å²) < 4.78 is 0. The summed E-state index contributed by atoms with van der Waals surface area (Å²) in [4.78, 5) is 0. The van der Waals surface area contributed by atoms with Crippen LogP contribution < -0.4 is 16.4 Å². The molecule has 6 heteroatoms. The fourth-order valence-electron chi connectivity index (χ4n) is 2.09. The van der Waals surface area contributed by atoms with Gasteiger partial charge >= 0.3 is 0 Å². The smallest absolute Gasteiger partial charge is 0.172 e. The molecule has 2 heterocycles. The van der Waals surface area contributed by atoms with Gasteiger partial charge in [0.25, 0.3) is 0 Å². The van der Waals surface area contributed by atoms with E-state index < -0.39 is 0 Å². The van der Waals surface area contributed by atoms with Crippen LogP contribution in [0.15, 0.2) is 30.3 Å². The second-order valence-electron chi connectivity index (χ2n) is 4.47. The van der Waals surface area contributed by atoms with Gasteiger partial charge in [-0.05, 0) is 18.2 Å². The van der Waals surface area contributed by atoms with E-state index >= 15 is 0 Å². The Balaban J connectivity index is 2.00. The first-order valence-corrected chi connectivity index (χ1v) is 6.14. The number of hydrogen-bond donors (Lipinski definition) is 4. The average molecular weight is 257 g/mol. The van der Waals surface area contributed by atoms with Crippen molar-refractivity contribution in [3.8, 4) is 17.0 Å². The van der Waals surface area contributed by atoms with Gasteiger partial charge in [0.2, 0.25) is 0 Å². The SMILES string of the molecule is NC[C@@H]1CNc2nnc(-c3ccccc3O)cc2N1. The summed E-state index contributed by atoms with van der Waals surface area (Å²) in [7, 11) is 0. The Bertz CT molecular complexity index is 601. The largest absolute Gasteiger partial charge is 0.507 e. The molecule has 6 nitrogen and oxygen atoms in total. The number of nitrogens with two attached hydrogens (primary N) is 1. The van der Waals surface area contributed by atoms with Crippen LogP contribution in [0.3, 0.4) is 0 Å². The number of nitrogens with one attached hydrogen (secondary N) is 2. The van der Waals surface area contributed by atoms with Crippen LogP contribution in [0.4, 0.5) is 11.5 Å². The van der Waals surface area contributed by atoms with Gasteiger partial charge in [0.15, 0.2) is 5.82 Å². The summed E-state index contributed by atoms with van der Waals surface area (Å²) >= 11 is 0. The first-order chi connectivity index (χ1) is 9.28. The van der Waals surface area contributed by atoms with Crippen molar-refractivity contribution in [1.29, 1.82) is 0 Å². The van der Waals surface area contributed by atoms with E-state index in [1.54, 1.807) is 12.1 Å². The Labute approximate surface area is 110 Å². The normalized spacial score (nSPS) is 17.2. The van der Waals surface area contributed by atoms with Crippen molar-refractivity contribution in [3.63, 3.8) is 0 Å². The highest BCUT2D eigenvalue weighted by Gasteiger charge is 2.18. The van der Waals surface area contributed by atoms with E-state index in [-0.39, 0.29) is 11.8 Å². The van der Waals surface area contributed by atoms with Gasteiger partial charge in [0, 0.05) is 18.7 Å². The number of aromatic hydroxyl groups is 1. The predicted molar refractivity (Wildman–Crippen MR) is 74.1 cm³/mol. The summed E-state index contributed by atoms with van der Waals surface area (Å²) in [6.07, 6.45) is 0. The van der Waals surface area contributed by atoms with Crippen LogP contribution in [0.5, 0.6) is 5.75 Å². The van der Waals surface area contributed by atoms with Crippen LogP contribution in [0.1, 0.15) is 0 Å². The molecule has 0 aliphatic carbocycles. The van der Waals surface area contributed by atoms with E-state index in [1.165, 1.54) is 0 Å². The zero-order chi connectivity index (χ0) is 13.2. The van der Waals surface area contributed by atoms with Gasteiger partial charge in [-0.25, -0.2) is 0 Å². The van der Waals surface area contributed by atoms with E-state index in [9.17, 15) is 5.11 Å². The molecule has 1 aliphatic heterocycles. The molecule has 19 heavy (non-hydrogen) atoms. The van der Waals surface area contributed by atoms with Gasteiger partial charge in [0.05, 0.1) is 17.4 Å². The molecule has 1 atom stereocenters.